The zero-order valence-corrected chi connectivity index (χ0v) is 23.7. The Kier molecular flexibility index (Phi) is 7.98. The van der Waals surface area contributed by atoms with Crippen molar-refractivity contribution in [3.63, 3.8) is 0 Å². The van der Waals surface area contributed by atoms with Crippen LogP contribution in [-0.4, -0.2) is 65.3 Å². The van der Waals surface area contributed by atoms with Gasteiger partial charge in [-0.1, -0.05) is 70.2 Å². The van der Waals surface area contributed by atoms with Crippen molar-refractivity contribution in [1.29, 1.82) is 0 Å². The van der Waals surface area contributed by atoms with Gasteiger partial charge >= 0.3 is 5.97 Å². The van der Waals surface area contributed by atoms with Crippen LogP contribution in [0, 0.1) is 11.8 Å². The predicted octanol–water partition coefficient (Wildman–Crippen LogP) is 3.54. The Morgan fingerprint density at radius 3 is 2.18 bits per heavy atom. The first-order chi connectivity index (χ1) is 18.5. The molecule has 0 spiro atoms. The molecular formula is C31H39N3O5. The number of likely N-dealkylation sites (N-methyl/N-ethyl adjacent to an activating group) is 1. The topological polar surface area (TPSA) is 96.0 Å². The third-order valence-corrected chi connectivity index (χ3v) is 8.22. The molecule has 2 fully saturated rings. The highest BCUT2D eigenvalue weighted by atomic mass is 16.5. The molecule has 2 aromatic carbocycles. The molecule has 2 saturated heterocycles. The molecule has 8 heteroatoms. The quantitative estimate of drug-likeness (QED) is 0.412. The summed E-state index contributed by atoms with van der Waals surface area (Å²) in [5.74, 6) is -3.15. The van der Waals surface area contributed by atoms with Crippen molar-refractivity contribution in [2.24, 2.45) is 11.8 Å². The molecular weight excluding hydrogens is 494 g/mol. The Balaban J connectivity index is 1.64. The van der Waals surface area contributed by atoms with Crippen molar-refractivity contribution in [3.8, 4) is 0 Å². The lowest BCUT2D eigenvalue weighted by Crippen LogP contribution is -2.58. The van der Waals surface area contributed by atoms with E-state index in [1.165, 1.54) is 12.0 Å². The Labute approximate surface area is 230 Å². The standard InChI is InChI=1S/C31H39N3O5/c1-7-31(29(38)39-6)25-24(27(36)34(28(25)37)18-20-12-10-9-11-13-20)23(32-31)19-33(8-2)26(35)21-14-16-22(17-15-21)30(3,4)5/h9-17,23-25,32H,7-8,18-19H2,1-6H3/t23-,24+,25-,31-/m1/s1. The summed E-state index contributed by atoms with van der Waals surface area (Å²) in [4.78, 5) is 57.1. The van der Waals surface area contributed by atoms with Gasteiger partial charge in [-0.25, -0.2) is 0 Å². The highest BCUT2D eigenvalue weighted by molar-refractivity contribution is 6.09. The van der Waals surface area contributed by atoms with Crippen molar-refractivity contribution in [2.75, 3.05) is 20.2 Å². The number of hydrogen-bond acceptors (Lipinski definition) is 6. The van der Waals surface area contributed by atoms with Crippen LogP contribution >= 0.6 is 0 Å². The number of esters is 1. The number of imide groups is 1. The fourth-order valence-electron chi connectivity index (χ4n) is 5.99. The van der Waals surface area contributed by atoms with Gasteiger partial charge in [0.05, 0.1) is 25.5 Å². The van der Waals surface area contributed by atoms with E-state index < -0.39 is 29.4 Å². The summed E-state index contributed by atoms with van der Waals surface area (Å²) in [6.45, 7) is 10.8. The molecule has 0 aromatic heterocycles. The molecule has 2 heterocycles. The maximum absolute atomic E-state index is 13.8. The number of rotatable bonds is 8. The number of nitrogens with zero attached hydrogens (tertiary/aromatic N) is 2. The zero-order chi connectivity index (χ0) is 28.5. The maximum atomic E-state index is 13.8. The molecule has 2 aliphatic rings. The Bertz CT molecular complexity index is 1240. The molecule has 2 aromatic rings. The lowest BCUT2D eigenvalue weighted by Gasteiger charge is -2.32. The fraction of sp³-hybridized carbons (Fsp3) is 0.484. The van der Waals surface area contributed by atoms with Crippen LogP contribution in [0.5, 0.6) is 0 Å². The molecule has 3 amide bonds. The van der Waals surface area contributed by atoms with Crippen LogP contribution in [0.2, 0.25) is 0 Å². The molecule has 0 saturated carbocycles. The summed E-state index contributed by atoms with van der Waals surface area (Å²) >= 11 is 0. The van der Waals surface area contributed by atoms with Gasteiger partial charge < -0.3 is 9.64 Å². The smallest absolute Gasteiger partial charge is 0.326 e. The van der Waals surface area contributed by atoms with Crippen molar-refractivity contribution < 1.29 is 23.9 Å². The number of carbonyl (C=O) groups excluding carboxylic acids is 4. The van der Waals surface area contributed by atoms with Gasteiger partial charge in [0, 0.05) is 24.7 Å². The number of likely N-dealkylation sites (tertiary alicyclic amines) is 1. The summed E-state index contributed by atoms with van der Waals surface area (Å²) < 4.78 is 5.14. The minimum Gasteiger partial charge on any atom is -0.468 e. The monoisotopic (exact) mass is 533 g/mol. The van der Waals surface area contributed by atoms with Crippen LogP contribution in [0.1, 0.15) is 62.5 Å². The van der Waals surface area contributed by atoms with Crippen LogP contribution in [0.25, 0.3) is 0 Å². The number of fused-ring (bicyclic) bond motifs is 1. The van der Waals surface area contributed by atoms with E-state index in [1.54, 1.807) is 11.8 Å². The number of amides is 3. The Hall–Kier alpha value is -3.52. The fourth-order valence-corrected chi connectivity index (χ4v) is 5.99. The number of carbonyl (C=O) groups is 4. The number of hydrogen-bond donors (Lipinski definition) is 1. The van der Waals surface area contributed by atoms with E-state index in [9.17, 15) is 19.2 Å². The molecule has 39 heavy (non-hydrogen) atoms. The number of methoxy groups -OCH3 is 1. The summed E-state index contributed by atoms with van der Waals surface area (Å²) in [5.41, 5.74) is 1.12. The lowest BCUT2D eigenvalue weighted by molar-refractivity contribution is -0.154. The highest BCUT2D eigenvalue weighted by Gasteiger charge is 2.67. The van der Waals surface area contributed by atoms with Gasteiger partial charge in [0.1, 0.15) is 5.54 Å². The van der Waals surface area contributed by atoms with Crippen molar-refractivity contribution in [3.05, 3.63) is 71.3 Å². The first kappa shape index (κ1) is 28.5. The van der Waals surface area contributed by atoms with Crippen LogP contribution in [0.15, 0.2) is 54.6 Å². The Morgan fingerprint density at radius 2 is 1.64 bits per heavy atom. The van der Waals surface area contributed by atoms with Gasteiger partial charge in [-0.15, -0.1) is 0 Å². The Morgan fingerprint density at radius 1 is 1.00 bits per heavy atom. The number of benzene rings is 2. The van der Waals surface area contributed by atoms with Gasteiger partial charge in [-0.2, -0.15) is 0 Å². The van der Waals surface area contributed by atoms with Crippen molar-refractivity contribution in [1.82, 2.24) is 15.1 Å². The van der Waals surface area contributed by atoms with Gasteiger partial charge in [-0.05, 0) is 42.0 Å². The second kappa shape index (κ2) is 10.9. The van der Waals surface area contributed by atoms with Crippen LogP contribution in [0.4, 0.5) is 0 Å². The second-order valence-electron chi connectivity index (χ2n) is 11.5. The average Bonchev–Trinajstić information content (AvgIpc) is 3.40. The van der Waals surface area contributed by atoms with Gasteiger partial charge in [0.25, 0.3) is 5.91 Å². The minimum atomic E-state index is -1.35. The van der Waals surface area contributed by atoms with Gasteiger partial charge in [0.15, 0.2) is 0 Å². The SMILES string of the molecule is CCN(C[C@H]1N[C@@](CC)(C(=O)OC)[C@H]2C(=O)N(Cc3ccccc3)C(=O)[C@@H]12)C(=O)c1ccc(C(C)(C)C)cc1. The summed E-state index contributed by atoms with van der Waals surface area (Å²) in [5, 5.41) is 3.32. The van der Waals surface area contributed by atoms with E-state index in [0.29, 0.717) is 12.1 Å². The molecule has 2 aliphatic heterocycles. The third-order valence-electron chi connectivity index (χ3n) is 8.22. The predicted molar refractivity (Wildman–Crippen MR) is 148 cm³/mol. The molecule has 0 aliphatic carbocycles. The molecule has 1 N–H and O–H groups in total. The first-order valence-corrected chi connectivity index (χ1v) is 13.6. The molecule has 0 radical (unpaired) electrons. The molecule has 4 rings (SSSR count). The second-order valence-corrected chi connectivity index (χ2v) is 11.5. The van der Waals surface area contributed by atoms with Crippen molar-refractivity contribution in [2.45, 2.75) is 64.6 Å². The molecule has 8 nitrogen and oxygen atoms in total. The van der Waals surface area contributed by atoms with E-state index in [4.69, 9.17) is 4.74 Å². The van der Waals surface area contributed by atoms with Crippen LogP contribution < -0.4 is 5.32 Å². The minimum absolute atomic E-state index is 0.0346. The summed E-state index contributed by atoms with van der Waals surface area (Å²) in [7, 11) is 1.29. The van der Waals surface area contributed by atoms with E-state index in [2.05, 4.69) is 26.1 Å². The van der Waals surface area contributed by atoms with Gasteiger partial charge in [0.2, 0.25) is 11.8 Å². The average molecular weight is 534 g/mol. The first-order valence-electron chi connectivity index (χ1n) is 13.6. The van der Waals surface area contributed by atoms with Crippen LogP contribution in [-0.2, 0) is 31.1 Å². The molecule has 208 valence electrons. The third kappa shape index (κ3) is 5.10. The normalized spacial score (nSPS) is 24.6. The number of ether oxygens (including phenoxy) is 1. The van der Waals surface area contributed by atoms with E-state index in [-0.39, 0.29) is 42.6 Å². The van der Waals surface area contributed by atoms with E-state index in [1.807, 2.05) is 61.5 Å². The maximum Gasteiger partial charge on any atom is 0.326 e. The van der Waals surface area contributed by atoms with Crippen LogP contribution in [0.3, 0.4) is 0 Å². The molecule has 4 atom stereocenters. The van der Waals surface area contributed by atoms with E-state index in [0.717, 1.165) is 11.1 Å². The van der Waals surface area contributed by atoms with Crippen molar-refractivity contribution >= 4 is 23.7 Å². The summed E-state index contributed by atoms with van der Waals surface area (Å²) in [6, 6.07) is 16.3. The van der Waals surface area contributed by atoms with E-state index >= 15 is 0 Å². The zero-order valence-electron chi connectivity index (χ0n) is 23.7. The number of nitrogens with one attached hydrogen (secondary N) is 1. The highest BCUT2D eigenvalue weighted by Crippen LogP contribution is 2.45. The van der Waals surface area contributed by atoms with Gasteiger partial charge in [-0.3, -0.25) is 29.4 Å². The molecule has 0 unspecified atom stereocenters. The largest absolute Gasteiger partial charge is 0.468 e. The summed E-state index contributed by atoms with van der Waals surface area (Å²) in [6.07, 6.45) is 0.268. The lowest BCUT2D eigenvalue weighted by atomic mass is 9.78. The molecule has 0 bridgehead atoms.